The molecule has 1 N–H and O–H groups in total. The fourth-order valence-electron chi connectivity index (χ4n) is 2.42. The van der Waals surface area contributed by atoms with E-state index in [1.165, 1.54) is 30.1 Å². The smallest absolute Gasteiger partial charge is 0.307 e. The summed E-state index contributed by atoms with van der Waals surface area (Å²) >= 11 is 0. The van der Waals surface area contributed by atoms with Crippen molar-refractivity contribution in [3.63, 3.8) is 0 Å². The van der Waals surface area contributed by atoms with Crippen LogP contribution < -0.4 is 4.90 Å². The molecule has 0 fully saturated rings. The number of carboxylic acid groups (broad SMARTS) is 1. The van der Waals surface area contributed by atoms with Crippen LogP contribution in [0.2, 0.25) is 0 Å². The van der Waals surface area contributed by atoms with Gasteiger partial charge in [0.2, 0.25) is 5.91 Å². The van der Waals surface area contributed by atoms with Crippen LogP contribution in [0.4, 0.5) is 10.1 Å². The van der Waals surface area contributed by atoms with Gasteiger partial charge in [-0.05, 0) is 31.0 Å². The number of carbonyl (C=O) groups is 2. The summed E-state index contributed by atoms with van der Waals surface area (Å²) in [6, 6.07) is 5.69. The van der Waals surface area contributed by atoms with Crippen molar-refractivity contribution in [2.24, 2.45) is 11.8 Å². The highest BCUT2D eigenvalue weighted by Crippen LogP contribution is 2.29. The van der Waals surface area contributed by atoms with E-state index in [0.29, 0.717) is 18.5 Å². The molecule has 1 aromatic rings. The highest BCUT2D eigenvalue weighted by molar-refractivity contribution is 5.97. The standard InChI is InChI=1S/C15H16FNO3/c1-17(11-6-4-5-10(16)9-11)14(18)12-7-2-3-8-13(12)15(19)20/h2-6,9,12-13H,7-8H2,1H3,(H,19,20). The maximum absolute atomic E-state index is 13.2. The average Bonchev–Trinajstić information content (AvgIpc) is 2.45. The number of carboxylic acids is 1. The third-order valence-electron chi connectivity index (χ3n) is 3.59. The Morgan fingerprint density at radius 1 is 1.25 bits per heavy atom. The lowest BCUT2D eigenvalue weighted by Crippen LogP contribution is -2.40. The second-order valence-electron chi connectivity index (χ2n) is 4.87. The number of benzene rings is 1. The summed E-state index contributed by atoms with van der Waals surface area (Å²) in [5.41, 5.74) is 0.425. The molecule has 0 radical (unpaired) electrons. The van der Waals surface area contributed by atoms with Gasteiger partial charge >= 0.3 is 5.97 Å². The molecular formula is C15H16FNO3. The van der Waals surface area contributed by atoms with E-state index >= 15 is 0 Å². The van der Waals surface area contributed by atoms with Crippen LogP contribution in [-0.2, 0) is 9.59 Å². The first kappa shape index (κ1) is 14.2. The first-order chi connectivity index (χ1) is 9.50. The molecule has 0 heterocycles. The summed E-state index contributed by atoms with van der Waals surface area (Å²) in [6.45, 7) is 0. The third kappa shape index (κ3) is 2.87. The lowest BCUT2D eigenvalue weighted by molar-refractivity contribution is -0.146. The van der Waals surface area contributed by atoms with E-state index in [2.05, 4.69) is 0 Å². The molecular weight excluding hydrogens is 261 g/mol. The summed E-state index contributed by atoms with van der Waals surface area (Å²) in [5, 5.41) is 9.19. The van der Waals surface area contributed by atoms with Gasteiger partial charge in [0, 0.05) is 12.7 Å². The van der Waals surface area contributed by atoms with E-state index in [9.17, 15) is 19.1 Å². The van der Waals surface area contributed by atoms with Crippen LogP contribution in [-0.4, -0.2) is 24.0 Å². The molecule has 2 rings (SSSR count). The Labute approximate surface area is 116 Å². The Morgan fingerprint density at radius 3 is 2.50 bits per heavy atom. The Hall–Kier alpha value is -2.17. The van der Waals surface area contributed by atoms with E-state index < -0.39 is 23.6 Å². The van der Waals surface area contributed by atoms with E-state index in [-0.39, 0.29) is 5.91 Å². The summed E-state index contributed by atoms with van der Waals surface area (Å²) in [6.07, 6.45) is 4.35. The van der Waals surface area contributed by atoms with Crippen molar-refractivity contribution < 1.29 is 19.1 Å². The molecule has 0 spiro atoms. The van der Waals surface area contributed by atoms with Gasteiger partial charge in [-0.25, -0.2) is 4.39 Å². The van der Waals surface area contributed by atoms with E-state index in [1.807, 2.05) is 6.08 Å². The van der Waals surface area contributed by atoms with Crippen LogP contribution in [0, 0.1) is 17.7 Å². The van der Waals surface area contributed by atoms with Gasteiger partial charge in [0.1, 0.15) is 5.82 Å². The quantitative estimate of drug-likeness (QED) is 0.863. The third-order valence-corrected chi connectivity index (χ3v) is 3.59. The van der Waals surface area contributed by atoms with E-state index in [4.69, 9.17) is 0 Å². The monoisotopic (exact) mass is 277 g/mol. The zero-order chi connectivity index (χ0) is 14.7. The van der Waals surface area contributed by atoms with Crippen molar-refractivity contribution in [3.8, 4) is 0 Å². The van der Waals surface area contributed by atoms with Crippen molar-refractivity contribution >= 4 is 17.6 Å². The minimum atomic E-state index is -0.972. The molecule has 2 unspecified atom stereocenters. The van der Waals surface area contributed by atoms with Gasteiger partial charge in [-0.15, -0.1) is 0 Å². The molecule has 2 atom stereocenters. The number of nitrogens with zero attached hydrogens (tertiary/aromatic N) is 1. The Kier molecular flexibility index (Phi) is 4.17. The van der Waals surface area contributed by atoms with Gasteiger partial charge in [-0.2, -0.15) is 0 Å². The van der Waals surface area contributed by atoms with Crippen LogP contribution in [0.5, 0.6) is 0 Å². The molecule has 1 aliphatic carbocycles. The molecule has 20 heavy (non-hydrogen) atoms. The van der Waals surface area contributed by atoms with Gasteiger partial charge in [0.25, 0.3) is 0 Å². The summed E-state index contributed by atoms with van der Waals surface area (Å²) < 4.78 is 13.2. The number of hydrogen-bond donors (Lipinski definition) is 1. The maximum atomic E-state index is 13.2. The number of aliphatic carboxylic acids is 1. The predicted octanol–water partition coefficient (Wildman–Crippen LogP) is 2.46. The Morgan fingerprint density at radius 2 is 1.90 bits per heavy atom. The average molecular weight is 277 g/mol. The van der Waals surface area contributed by atoms with Gasteiger partial charge in [0.05, 0.1) is 11.8 Å². The molecule has 0 saturated heterocycles. The highest BCUT2D eigenvalue weighted by atomic mass is 19.1. The number of anilines is 1. The number of carbonyl (C=O) groups excluding carboxylic acids is 1. The second-order valence-corrected chi connectivity index (χ2v) is 4.87. The molecule has 1 aliphatic rings. The second kappa shape index (κ2) is 5.86. The van der Waals surface area contributed by atoms with Crippen molar-refractivity contribution in [1.29, 1.82) is 0 Å². The molecule has 106 valence electrons. The zero-order valence-electron chi connectivity index (χ0n) is 11.1. The fraction of sp³-hybridized carbons (Fsp3) is 0.333. The molecule has 0 bridgehead atoms. The van der Waals surface area contributed by atoms with Crippen molar-refractivity contribution in [2.75, 3.05) is 11.9 Å². The molecule has 0 aromatic heterocycles. The zero-order valence-corrected chi connectivity index (χ0v) is 11.1. The number of hydrogen-bond acceptors (Lipinski definition) is 2. The highest BCUT2D eigenvalue weighted by Gasteiger charge is 2.35. The Bertz CT molecular complexity index is 556. The molecule has 4 nitrogen and oxygen atoms in total. The topological polar surface area (TPSA) is 57.6 Å². The van der Waals surface area contributed by atoms with Crippen LogP contribution in [0.1, 0.15) is 12.8 Å². The lowest BCUT2D eigenvalue weighted by Gasteiger charge is -2.28. The van der Waals surface area contributed by atoms with E-state index in [0.717, 1.165) is 0 Å². The van der Waals surface area contributed by atoms with Crippen molar-refractivity contribution in [3.05, 3.63) is 42.2 Å². The molecule has 0 aliphatic heterocycles. The first-order valence-electron chi connectivity index (χ1n) is 6.41. The van der Waals surface area contributed by atoms with E-state index in [1.54, 1.807) is 12.1 Å². The lowest BCUT2D eigenvalue weighted by atomic mass is 9.82. The molecule has 5 heteroatoms. The summed E-state index contributed by atoms with van der Waals surface area (Å²) in [4.78, 5) is 25.0. The van der Waals surface area contributed by atoms with Gasteiger partial charge < -0.3 is 10.0 Å². The normalized spacial score (nSPS) is 21.5. The van der Waals surface area contributed by atoms with Gasteiger partial charge in [-0.3, -0.25) is 9.59 Å². The maximum Gasteiger partial charge on any atom is 0.307 e. The summed E-state index contributed by atoms with van der Waals surface area (Å²) in [7, 11) is 1.54. The molecule has 1 aromatic carbocycles. The van der Waals surface area contributed by atoms with Crippen LogP contribution >= 0.6 is 0 Å². The Balaban J connectivity index is 2.21. The SMILES string of the molecule is CN(C(=O)C1CC=CCC1C(=O)O)c1cccc(F)c1. The number of halogens is 1. The van der Waals surface area contributed by atoms with Crippen molar-refractivity contribution in [1.82, 2.24) is 0 Å². The minimum absolute atomic E-state index is 0.299. The van der Waals surface area contributed by atoms with Crippen LogP contribution in [0.25, 0.3) is 0 Å². The number of rotatable bonds is 3. The minimum Gasteiger partial charge on any atom is -0.481 e. The fourth-order valence-corrected chi connectivity index (χ4v) is 2.42. The van der Waals surface area contributed by atoms with Crippen LogP contribution in [0.3, 0.4) is 0 Å². The first-order valence-corrected chi connectivity index (χ1v) is 6.41. The number of amides is 1. The van der Waals surface area contributed by atoms with Crippen LogP contribution in [0.15, 0.2) is 36.4 Å². The van der Waals surface area contributed by atoms with Crippen molar-refractivity contribution in [2.45, 2.75) is 12.8 Å². The largest absolute Gasteiger partial charge is 0.481 e. The predicted molar refractivity (Wildman–Crippen MR) is 72.8 cm³/mol. The molecule has 1 amide bonds. The van der Waals surface area contributed by atoms with Gasteiger partial charge in [0.15, 0.2) is 0 Å². The molecule has 0 saturated carbocycles. The summed E-state index contributed by atoms with van der Waals surface area (Å²) in [5.74, 6) is -3.03. The number of allylic oxidation sites excluding steroid dienone is 2. The van der Waals surface area contributed by atoms with Gasteiger partial charge in [-0.1, -0.05) is 18.2 Å².